The predicted molar refractivity (Wildman–Crippen MR) is 68.8 cm³/mol. The number of aliphatic carboxylic acids is 1. The van der Waals surface area contributed by atoms with E-state index in [1.165, 1.54) is 13.8 Å². The normalized spacial score (nSPS) is 24.7. The van der Waals surface area contributed by atoms with Crippen LogP contribution < -0.4 is 4.87 Å². The first-order chi connectivity index (χ1) is 8.67. The van der Waals surface area contributed by atoms with E-state index in [9.17, 15) is 18.0 Å². The van der Waals surface area contributed by atoms with Gasteiger partial charge in [0.25, 0.3) is 10.0 Å². The molecule has 2 N–H and O–H groups in total. The van der Waals surface area contributed by atoms with Crippen molar-refractivity contribution in [3.8, 4) is 0 Å². The molecular formula is C10H14N2O5S2. The number of nitrogens with one attached hydrogen (secondary N) is 1. The molecule has 1 aliphatic heterocycles. The Labute approximate surface area is 113 Å². The van der Waals surface area contributed by atoms with E-state index in [2.05, 4.69) is 4.98 Å². The Morgan fingerprint density at radius 2 is 2.16 bits per heavy atom. The van der Waals surface area contributed by atoms with Gasteiger partial charge in [0.05, 0.1) is 5.41 Å². The molecule has 0 aromatic carbocycles. The number of carbonyl (C=O) groups is 1. The maximum atomic E-state index is 12.4. The van der Waals surface area contributed by atoms with Crippen molar-refractivity contribution in [3.05, 3.63) is 15.4 Å². The van der Waals surface area contributed by atoms with Crippen molar-refractivity contribution in [1.82, 2.24) is 9.29 Å². The van der Waals surface area contributed by atoms with Gasteiger partial charge in [0.2, 0.25) is 0 Å². The molecule has 1 saturated heterocycles. The Bertz CT molecular complexity index is 674. The van der Waals surface area contributed by atoms with E-state index in [-0.39, 0.29) is 23.7 Å². The van der Waals surface area contributed by atoms with Crippen LogP contribution in [0.4, 0.5) is 0 Å². The standard InChI is InChI=1S/C10H14N2O5S2/c1-6-7(18-9(15)11-6)19(16,17)12-4-3-10(2,5-12)8(13)14/h3-5H2,1-2H3,(H,11,15)(H,13,14). The second-order valence-corrected chi connectivity index (χ2v) is 8.00. The summed E-state index contributed by atoms with van der Waals surface area (Å²) < 4.78 is 25.8. The van der Waals surface area contributed by atoms with Crippen molar-refractivity contribution >= 4 is 27.3 Å². The molecule has 1 aromatic heterocycles. The van der Waals surface area contributed by atoms with Crippen molar-refractivity contribution in [2.24, 2.45) is 5.41 Å². The molecule has 0 aliphatic carbocycles. The Morgan fingerprint density at radius 1 is 1.53 bits per heavy atom. The van der Waals surface area contributed by atoms with Crippen LogP contribution >= 0.6 is 11.3 Å². The Balaban J connectivity index is 2.36. The van der Waals surface area contributed by atoms with Crippen LogP contribution in [0.15, 0.2) is 9.00 Å². The monoisotopic (exact) mass is 306 g/mol. The van der Waals surface area contributed by atoms with E-state index in [0.717, 1.165) is 4.31 Å². The lowest BCUT2D eigenvalue weighted by Crippen LogP contribution is -2.34. The third-order valence-corrected chi connectivity index (χ3v) is 6.74. The van der Waals surface area contributed by atoms with Gasteiger partial charge in [-0.3, -0.25) is 9.59 Å². The SMILES string of the molecule is Cc1[nH]c(=O)sc1S(=O)(=O)N1CCC(C)(C(=O)O)C1. The number of H-pyrrole nitrogens is 1. The average molecular weight is 306 g/mol. The first-order valence-corrected chi connectivity index (χ1v) is 7.86. The summed E-state index contributed by atoms with van der Waals surface area (Å²) in [6.07, 6.45) is 0.264. The Morgan fingerprint density at radius 3 is 2.58 bits per heavy atom. The molecule has 0 spiro atoms. The van der Waals surface area contributed by atoms with Crippen LogP contribution in [0.3, 0.4) is 0 Å². The smallest absolute Gasteiger partial charge is 0.310 e. The number of nitrogens with zero attached hydrogens (tertiary/aromatic N) is 1. The number of hydrogen-bond donors (Lipinski definition) is 2. The van der Waals surface area contributed by atoms with Crippen LogP contribution in [-0.2, 0) is 14.8 Å². The summed E-state index contributed by atoms with van der Waals surface area (Å²) in [5, 5.41) is 9.11. The quantitative estimate of drug-likeness (QED) is 0.831. The number of aromatic nitrogens is 1. The number of aromatic amines is 1. The first kappa shape index (κ1) is 14.2. The molecule has 0 bridgehead atoms. The van der Waals surface area contributed by atoms with Crippen molar-refractivity contribution in [1.29, 1.82) is 0 Å². The average Bonchev–Trinajstić information content (AvgIpc) is 2.84. The molecule has 7 nitrogen and oxygen atoms in total. The highest BCUT2D eigenvalue weighted by molar-refractivity contribution is 7.91. The third kappa shape index (κ3) is 2.33. The first-order valence-electron chi connectivity index (χ1n) is 5.60. The van der Waals surface area contributed by atoms with Crippen LogP contribution in [0, 0.1) is 12.3 Å². The Kier molecular flexibility index (Phi) is 3.31. The number of carboxylic acid groups (broad SMARTS) is 1. The van der Waals surface area contributed by atoms with Crippen molar-refractivity contribution in [2.75, 3.05) is 13.1 Å². The summed E-state index contributed by atoms with van der Waals surface area (Å²) >= 11 is 0.629. The van der Waals surface area contributed by atoms with Gasteiger partial charge in [-0.15, -0.1) is 0 Å². The Hall–Kier alpha value is -1.19. The predicted octanol–water partition coefficient (Wildman–Crippen LogP) is 0.230. The fourth-order valence-electron chi connectivity index (χ4n) is 2.05. The number of carboxylic acids is 1. The number of thiazole rings is 1. The molecule has 1 unspecified atom stereocenters. The minimum Gasteiger partial charge on any atom is -0.481 e. The van der Waals surface area contributed by atoms with Crippen molar-refractivity contribution in [2.45, 2.75) is 24.5 Å². The van der Waals surface area contributed by atoms with Crippen LogP contribution in [-0.4, -0.2) is 41.9 Å². The fraction of sp³-hybridized carbons (Fsp3) is 0.600. The lowest BCUT2D eigenvalue weighted by Gasteiger charge is -2.19. The largest absolute Gasteiger partial charge is 0.481 e. The van der Waals surface area contributed by atoms with Crippen LogP contribution in [0.2, 0.25) is 0 Å². The van der Waals surface area contributed by atoms with Crippen LogP contribution in [0.1, 0.15) is 19.0 Å². The highest BCUT2D eigenvalue weighted by Gasteiger charge is 2.45. The minimum atomic E-state index is -3.80. The zero-order valence-corrected chi connectivity index (χ0v) is 12.1. The maximum Gasteiger partial charge on any atom is 0.310 e. The van der Waals surface area contributed by atoms with Gasteiger partial charge in [0.1, 0.15) is 0 Å². The molecule has 1 aromatic rings. The van der Waals surface area contributed by atoms with E-state index < -0.39 is 26.3 Å². The highest BCUT2D eigenvalue weighted by atomic mass is 32.2. The number of sulfonamides is 1. The lowest BCUT2D eigenvalue weighted by atomic mass is 9.90. The molecule has 2 rings (SSSR count). The number of aryl methyl sites for hydroxylation is 1. The molecule has 1 aliphatic rings. The molecule has 1 fully saturated rings. The third-order valence-electron chi connectivity index (χ3n) is 3.31. The second kappa shape index (κ2) is 4.43. The van der Waals surface area contributed by atoms with Gasteiger partial charge in [0.15, 0.2) is 4.21 Å². The van der Waals surface area contributed by atoms with E-state index in [1.807, 2.05) is 0 Å². The molecule has 0 radical (unpaired) electrons. The number of hydrogen-bond acceptors (Lipinski definition) is 5. The topological polar surface area (TPSA) is 108 Å². The van der Waals surface area contributed by atoms with E-state index in [0.29, 0.717) is 17.0 Å². The highest BCUT2D eigenvalue weighted by Crippen LogP contribution is 2.34. The summed E-state index contributed by atoms with van der Waals surface area (Å²) in [6.45, 7) is 3.11. The van der Waals surface area contributed by atoms with E-state index in [4.69, 9.17) is 5.11 Å². The van der Waals surface area contributed by atoms with Gasteiger partial charge in [-0.05, 0) is 20.3 Å². The molecule has 1 atom stereocenters. The van der Waals surface area contributed by atoms with E-state index >= 15 is 0 Å². The molecular weight excluding hydrogens is 292 g/mol. The summed E-state index contributed by atoms with van der Waals surface area (Å²) in [6, 6.07) is 0. The van der Waals surface area contributed by atoms with Gasteiger partial charge >= 0.3 is 10.8 Å². The zero-order chi connectivity index (χ0) is 14.4. The fourth-order valence-corrected chi connectivity index (χ4v) is 5.05. The van der Waals surface area contributed by atoms with Crippen molar-refractivity contribution in [3.63, 3.8) is 0 Å². The van der Waals surface area contributed by atoms with Gasteiger partial charge in [-0.1, -0.05) is 11.3 Å². The number of rotatable bonds is 3. The second-order valence-electron chi connectivity index (χ2n) is 4.88. The zero-order valence-electron chi connectivity index (χ0n) is 10.5. The summed E-state index contributed by atoms with van der Waals surface area (Å²) in [5.74, 6) is -1.01. The molecule has 19 heavy (non-hydrogen) atoms. The summed E-state index contributed by atoms with van der Waals surface area (Å²) in [4.78, 5) is 24.3. The van der Waals surface area contributed by atoms with Gasteiger partial charge < -0.3 is 10.1 Å². The molecule has 0 amide bonds. The van der Waals surface area contributed by atoms with Crippen molar-refractivity contribution < 1.29 is 18.3 Å². The molecule has 2 heterocycles. The molecule has 9 heteroatoms. The summed E-state index contributed by atoms with van der Waals surface area (Å²) in [5.41, 5.74) is -0.777. The maximum absolute atomic E-state index is 12.4. The van der Waals surface area contributed by atoms with Gasteiger partial charge in [-0.25, -0.2) is 8.42 Å². The van der Waals surface area contributed by atoms with Crippen LogP contribution in [0.5, 0.6) is 0 Å². The molecule has 106 valence electrons. The summed E-state index contributed by atoms with van der Waals surface area (Å²) in [7, 11) is -3.80. The minimum absolute atomic E-state index is 0.0351. The van der Waals surface area contributed by atoms with E-state index in [1.54, 1.807) is 0 Å². The molecule has 0 saturated carbocycles. The van der Waals surface area contributed by atoms with Gasteiger partial charge in [-0.2, -0.15) is 4.31 Å². The lowest BCUT2D eigenvalue weighted by molar-refractivity contribution is -0.146. The van der Waals surface area contributed by atoms with Gasteiger partial charge in [0, 0.05) is 18.8 Å². The van der Waals surface area contributed by atoms with Crippen LogP contribution in [0.25, 0.3) is 0 Å².